The quantitative estimate of drug-likeness (QED) is 0.786. The van der Waals surface area contributed by atoms with E-state index in [1.54, 1.807) is 18.2 Å². The average molecular weight is 332 g/mol. The van der Waals surface area contributed by atoms with E-state index in [0.29, 0.717) is 0 Å². The molecular formula is C17H14ClNO2S. The minimum atomic E-state index is -3.64. The first kappa shape index (κ1) is 15.0. The van der Waals surface area contributed by atoms with Crippen molar-refractivity contribution in [3.63, 3.8) is 0 Å². The van der Waals surface area contributed by atoms with E-state index in [-0.39, 0.29) is 16.5 Å². The largest absolute Gasteiger partial charge is 0.242 e. The monoisotopic (exact) mass is 331 g/mol. The summed E-state index contributed by atoms with van der Waals surface area (Å²) in [6.45, 7) is 0.217. The second-order valence-corrected chi connectivity index (χ2v) is 7.04. The molecule has 3 rings (SSSR count). The van der Waals surface area contributed by atoms with Gasteiger partial charge < -0.3 is 0 Å². The van der Waals surface area contributed by atoms with Gasteiger partial charge >= 0.3 is 0 Å². The summed E-state index contributed by atoms with van der Waals surface area (Å²) >= 11 is 5.97. The zero-order valence-corrected chi connectivity index (χ0v) is 13.2. The molecule has 3 nitrogen and oxygen atoms in total. The lowest BCUT2D eigenvalue weighted by atomic mass is 10.1. The highest BCUT2D eigenvalue weighted by Crippen LogP contribution is 2.22. The Bertz CT molecular complexity index is 917. The van der Waals surface area contributed by atoms with Gasteiger partial charge in [-0.25, -0.2) is 13.1 Å². The van der Waals surface area contributed by atoms with Gasteiger partial charge in [-0.05, 0) is 28.5 Å². The first-order chi connectivity index (χ1) is 10.6. The van der Waals surface area contributed by atoms with Crippen molar-refractivity contribution in [2.24, 2.45) is 0 Å². The molecule has 0 aliphatic carbocycles. The molecule has 5 heteroatoms. The van der Waals surface area contributed by atoms with Gasteiger partial charge in [0.1, 0.15) is 4.90 Å². The molecule has 0 saturated heterocycles. The predicted octanol–water partition coefficient (Wildman–Crippen LogP) is 3.97. The molecule has 0 spiro atoms. The number of hydrogen-bond donors (Lipinski definition) is 1. The lowest BCUT2D eigenvalue weighted by Gasteiger charge is -2.10. The van der Waals surface area contributed by atoms with E-state index in [0.717, 1.165) is 16.3 Å². The summed E-state index contributed by atoms with van der Waals surface area (Å²) in [5.74, 6) is 0. The van der Waals surface area contributed by atoms with Crippen LogP contribution in [0.15, 0.2) is 71.6 Å². The van der Waals surface area contributed by atoms with E-state index in [2.05, 4.69) is 4.72 Å². The highest BCUT2D eigenvalue weighted by molar-refractivity contribution is 7.89. The third-order valence-corrected chi connectivity index (χ3v) is 5.36. The Kier molecular flexibility index (Phi) is 4.16. The molecule has 0 fully saturated rings. The van der Waals surface area contributed by atoms with Crippen LogP contribution in [-0.2, 0) is 16.6 Å². The maximum Gasteiger partial charge on any atom is 0.242 e. The molecule has 0 atom stereocenters. The Hall–Kier alpha value is -1.88. The second kappa shape index (κ2) is 6.08. The van der Waals surface area contributed by atoms with Gasteiger partial charge in [-0.15, -0.1) is 0 Å². The number of halogens is 1. The van der Waals surface area contributed by atoms with Gasteiger partial charge in [-0.3, -0.25) is 0 Å². The fraction of sp³-hybridized carbons (Fsp3) is 0.0588. The third-order valence-electron chi connectivity index (χ3n) is 3.46. The van der Waals surface area contributed by atoms with E-state index in [1.165, 1.54) is 6.07 Å². The predicted molar refractivity (Wildman–Crippen MR) is 89.4 cm³/mol. The molecule has 0 bridgehead atoms. The van der Waals surface area contributed by atoms with E-state index >= 15 is 0 Å². The highest BCUT2D eigenvalue weighted by atomic mass is 35.5. The smallest absolute Gasteiger partial charge is 0.207 e. The van der Waals surface area contributed by atoms with E-state index in [9.17, 15) is 8.42 Å². The Morgan fingerprint density at radius 3 is 2.36 bits per heavy atom. The van der Waals surface area contributed by atoms with Crippen LogP contribution in [-0.4, -0.2) is 8.42 Å². The molecule has 22 heavy (non-hydrogen) atoms. The molecule has 0 unspecified atom stereocenters. The van der Waals surface area contributed by atoms with E-state index in [1.807, 2.05) is 42.5 Å². The first-order valence-electron chi connectivity index (χ1n) is 6.79. The van der Waals surface area contributed by atoms with Crippen molar-refractivity contribution in [1.82, 2.24) is 4.72 Å². The average Bonchev–Trinajstić information content (AvgIpc) is 2.53. The van der Waals surface area contributed by atoms with Gasteiger partial charge in [0.2, 0.25) is 10.0 Å². The Morgan fingerprint density at radius 1 is 0.864 bits per heavy atom. The van der Waals surface area contributed by atoms with Crippen LogP contribution >= 0.6 is 11.6 Å². The van der Waals surface area contributed by atoms with Crippen molar-refractivity contribution < 1.29 is 8.42 Å². The fourth-order valence-corrected chi connectivity index (χ4v) is 3.88. The van der Waals surface area contributed by atoms with Crippen LogP contribution in [0.5, 0.6) is 0 Å². The Morgan fingerprint density at radius 2 is 1.55 bits per heavy atom. The first-order valence-corrected chi connectivity index (χ1v) is 8.65. The van der Waals surface area contributed by atoms with Gasteiger partial charge in [0.05, 0.1) is 5.02 Å². The Labute approximate surface area is 134 Å². The number of hydrogen-bond acceptors (Lipinski definition) is 2. The van der Waals surface area contributed by atoms with Crippen LogP contribution < -0.4 is 4.72 Å². The SMILES string of the molecule is O=S(=O)(NCc1cccc2ccccc12)c1ccccc1Cl. The topological polar surface area (TPSA) is 46.2 Å². The maximum absolute atomic E-state index is 12.4. The van der Waals surface area contributed by atoms with Crippen LogP contribution in [0.25, 0.3) is 10.8 Å². The van der Waals surface area contributed by atoms with Gasteiger partial charge in [0.25, 0.3) is 0 Å². The molecule has 0 heterocycles. The van der Waals surface area contributed by atoms with Crippen LogP contribution in [0.4, 0.5) is 0 Å². The summed E-state index contributed by atoms with van der Waals surface area (Å²) in [5.41, 5.74) is 0.925. The van der Waals surface area contributed by atoms with E-state index < -0.39 is 10.0 Å². The summed E-state index contributed by atoms with van der Waals surface area (Å²) in [6, 6.07) is 20.1. The van der Waals surface area contributed by atoms with Crippen LogP contribution in [0.2, 0.25) is 5.02 Å². The summed E-state index contributed by atoms with van der Waals surface area (Å²) in [5, 5.41) is 2.33. The highest BCUT2D eigenvalue weighted by Gasteiger charge is 2.17. The number of sulfonamides is 1. The number of benzene rings is 3. The van der Waals surface area contributed by atoms with Crippen molar-refractivity contribution in [3.05, 3.63) is 77.3 Å². The van der Waals surface area contributed by atoms with Gasteiger partial charge in [-0.1, -0.05) is 66.2 Å². The lowest BCUT2D eigenvalue weighted by Crippen LogP contribution is -2.23. The summed E-state index contributed by atoms with van der Waals surface area (Å²) in [6.07, 6.45) is 0. The maximum atomic E-state index is 12.4. The molecule has 0 amide bonds. The molecule has 0 aromatic heterocycles. The van der Waals surface area contributed by atoms with Crippen LogP contribution in [0, 0.1) is 0 Å². The molecule has 0 aliphatic rings. The molecule has 0 aliphatic heterocycles. The minimum Gasteiger partial charge on any atom is -0.207 e. The molecule has 3 aromatic carbocycles. The zero-order chi connectivity index (χ0) is 15.6. The summed E-state index contributed by atoms with van der Waals surface area (Å²) in [7, 11) is -3.64. The molecule has 0 radical (unpaired) electrons. The Balaban J connectivity index is 1.90. The van der Waals surface area contributed by atoms with Crippen molar-refractivity contribution in [2.45, 2.75) is 11.4 Å². The molecule has 0 saturated carbocycles. The normalized spacial score (nSPS) is 11.7. The number of nitrogens with one attached hydrogen (secondary N) is 1. The van der Waals surface area contributed by atoms with E-state index in [4.69, 9.17) is 11.6 Å². The van der Waals surface area contributed by atoms with Gasteiger partial charge in [0, 0.05) is 6.54 Å². The van der Waals surface area contributed by atoms with Gasteiger partial charge in [0.15, 0.2) is 0 Å². The van der Waals surface area contributed by atoms with Gasteiger partial charge in [-0.2, -0.15) is 0 Å². The molecule has 3 aromatic rings. The van der Waals surface area contributed by atoms with Crippen molar-refractivity contribution >= 4 is 32.4 Å². The summed E-state index contributed by atoms with van der Waals surface area (Å²) < 4.78 is 27.3. The fourth-order valence-electron chi connectivity index (χ4n) is 2.36. The van der Waals surface area contributed by atoms with Crippen LogP contribution in [0.3, 0.4) is 0 Å². The lowest BCUT2D eigenvalue weighted by molar-refractivity contribution is 0.581. The molecule has 112 valence electrons. The molecule has 1 N–H and O–H groups in total. The van der Waals surface area contributed by atoms with Crippen molar-refractivity contribution in [2.75, 3.05) is 0 Å². The zero-order valence-electron chi connectivity index (χ0n) is 11.7. The molecular weight excluding hydrogens is 318 g/mol. The minimum absolute atomic E-state index is 0.0944. The van der Waals surface area contributed by atoms with Crippen molar-refractivity contribution in [3.8, 4) is 0 Å². The number of rotatable bonds is 4. The second-order valence-electron chi connectivity index (χ2n) is 4.89. The summed E-state index contributed by atoms with van der Waals surface area (Å²) in [4.78, 5) is 0.0944. The number of fused-ring (bicyclic) bond motifs is 1. The standard InChI is InChI=1S/C17H14ClNO2S/c18-16-10-3-4-11-17(16)22(20,21)19-12-14-8-5-7-13-6-1-2-9-15(13)14/h1-11,19H,12H2. The van der Waals surface area contributed by atoms with Crippen LogP contribution in [0.1, 0.15) is 5.56 Å². The van der Waals surface area contributed by atoms with Crippen molar-refractivity contribution in [1.29, 1.82) is 0 Å². The third kappa shape index (κ3) is 2.99.